The third kappa shape index (κ3) is 3.65. The Labute approximate surface area is 101 Å². The van der Waals surface area contributed by atoms with Crippen molar-refractivity contribution in [2.45, 2.75) is 25.7 Å². The largest absolute Gasteiger partial charge is 0.416 e. The Morgan fingerprint density at radius 1 is 1.06 bits per heavy atom. The van der Waals surface area contributed by atoms with Crippen molar-refractivity contribution in [3.63, 3.8) is 0 Å². The Balaban J connectivity index is 3.30. The summed E-state index contributed by atoms with van der Waals surface area (Å²) in [4.78, 5) is 0. The van der Waals surface area contributed by atoms with Gasteiger partial charge in [-0.25, -0.2) is 0 Å². The van der Waals surface area contributed by atoms with Crippen LogP contribution in [0.15, 0.2) is 18.2 Å². The lowest BCUT2D eigenvalue weighted by molar-refractivity contribution is -0.143. The molecule has 1 unspecified atom stereocenters. The summed E-state index contributed by atoms with van der Waals surface area (Å²) in [5.41, 5.74) is -2.71. The van der Waals surface area contributed by atoms with Gasteiger partial charge in [-0.2, -0.15) is 26.3 Å². The molecule has 0 heterocycles. The molecule has 0 aliphatic heterocycles. The lowest BCUT2D eigenvalue weighted by Gasteiger charge is -2.16. The molecule has 18 heavy (non-hydrogen) atoms. The highest BCUT2D eigenvalue weighted by atomic mass is 19.4. The van der Waals surface area contributed by atoms with E-state index in [0.29, 0.717) is 6.07 Å². The Morgan fingerprint density at radius 3 is 2.00 bits per heavy atom. The minimum absolute atomic E-state index is 0.0209. The molecule has 0 spiro atoms. The van der Waals surface area contributed by atoms with Crippen molar-refractivity contribution in [2.24, 2.45) is 5.92 Å². The molecule has 1 atom stereocenters. The van der Waals surface area contributed by atoms with E-state index in [-0.39, 0.29) is 24.0 Å². The molecule has 1 aromatic rings. The molecule has 6 heteroatoms. The van der Waals surface area contributed by atoms with Crippen LogP contribution in [-0.4, -0.2) is 0 Å². The highest BCUT2D eigenvalue weighted by Gasteiger charge is 2.37. The van der Waals surface area contributed by atoms with Gasteiger partial charge in [0.15, 0.2) is 0 Å². The molecule has 0 nitrogen and oxygen atoms in total. The fraction of sp³-hybridized carbons (Fsp3) is 0.417. The van der Waals surface area contributed by atoms with Gasteiger partial charge in [0.05, 0.1) is 11.1 Å². The Hall–Kier alpha value is -1.20. The molecule has 1 aromatic carbocycles. The number of halogens is 6. The predicted molar refractivity (Wildman–Crippen MR) is 54.7 cm³/mol. The maximum absolute atomic E-state index is 12.7. The van der Waals surface area contributed by atoms with Gasteiger partial charge in [0.25, 0.3) is 0 Å². The second-order valence-electron chi connectivity index (χ2n) is 4.18. The number of alkyl halides is 6. The molecule has 0 aromatic heterocycles. The lowest BCUT2D eigenvalue weighted by Crippen LogP contribution is -2.14. The molecular weight excluding hydrogens is 258 g/mol. The predicted octanol–water partition coefficient (Wildman–Crippen LogP) is 4.74. The lowest BCUT2D eigenvalue weighted by atomic mass is 9.95. The van der Waals surface area contributed by atoms with Gasteiger partial charge in [0.1, 0.15) is 0 Å². The Kier molecular flexibility index (Phi) is 3.98. The first-order valence-electron chi connectivity index (χ1n) is 5.12. The van der Waals surface area contributed by atoms with Gasteiger partial charge in [0, 0.05) is 0 Å². The number of hydrogen-bond acceptors (Lipinski definition) is 0. The van der Waals surface area contributed by atoms with Crippen LogP contribution in [0.2, 0.25) is 0 Å². The summed E-state index contributed by atoms with van der Waals surface area (Å²) in [6, 6.07) is 1.68. The summed E-state index contributed by atoms with van der Waals surface area (Å²) in [7, 11) is 0. The van der Waals surface area contributed by atoms with Crippen molar-refractivity contribution in [1.82, 2.24) is 0 Å². The summed E-state index contributed by atoms with van der Waals surface area (Å²) >= 11 is 0. The van der Waals surface area contributed by atoms with Crippen LogP contribution in [0.1, 0.15) is 23.6 Å². The molecule has 0 bridgehead atoms. The van der Waals surface area contributed by atoms with Crippen LogP contribution in [0.4, 0.5) is 26.3 Å². The van der Waals surface area contributed by atoms with Crippen molar-refractivity contribution in [1.29, 1.82) is 0 Å². The zero-order chi connectivity index (χ0) is 14.1. The first kappa shape index (κ1) is 14.9. The zero-order valence-corrected chi connectivity index (χ0v) is 9.49. The van der Waals surface area contributed by atoms with E-state index in [1.165, 1.54) is 0 Å². The number of rotatable bonds is 2. The van der Waals surface area contributed by atoms with Crippen molar-refractivity contribution in [2.75, 3.05) is 0 Å². The minimum atomic E-state index is -4.80. The number of benzene rings is 1. The van der Waals surface area contributed by atoms with Crippen LogP contribution in [0.25, 0.3) is 0 Å². The molecular formula is C12H11F6. The Bertz CT molecular complexity index is 414. The second-order valence-corrected chi connectivity index (χ2v) is 4.18. The van der Waals surface area contributed by atoms with E-state index in [4.69, 9.17) is 0 Å². The SMILES string of the molecule is [CH2]C(C)Cc1ccc(C(F)(F)F)cc1C(F)(F)F. The maximum atomic E-state index is 12.7. The van der Waals surface area contributed by atoms with Crippen molar-refractivity contribution in [3.8, 4) is 0 Å². The normalized spacial score (nSPS) is 13.2. The fourth-order valence-corrected chi connectivity index (χ4v) is 1.57. The van der Waals surface area contributed by atoms with Gasteiger partial charge >= 0.3 is 12.4 Å². The monoisotopic (exact) mass is 269 g/mol. The van der Waals surface area contributed by atoms with Crippen LogP contribution in [0.3, 0.4) is 0 Å². The van der Waals surface area contributed by atoms with Gasteiger partial charge in [-0.05, 0) is 30.0 Å². The van der Waals surface area contributed by atoms with Gasteiger partial charge in [-0.15, -0.1) is 0 Å². The average molecular weight is 269 g/mol. The number of hydrogen-bond donors (Lipinski definition) is 0. The van der Waals surface area contributed by atoms with E-state index in [2.05, 4.69) is 6.92 Å². The smallest absolute Gasteiger partial charge is 0.166 e. The summed E-state index contributed by atoms with van der Waals surface area (Å²) in [5.74, 6) is -0.317. The van der Waals surface area contributed by atoms with E-state index in [9.17, 15) is 26.3 Å². The van der Waals surface area contributed by atoms with E-state index >= 15 is 0 Å². The molecule has 0 aliphatic carbocycles. The van der Waals surface area contributed by atoms with Gasteiger partial charge in [0.2, 0.25) is 0 Å². The van der Waals surface area contributed by atoms with Crippen LogP contribution < -0.4 is 0 Å². The average Bonchev–Trinajstić information content (AvgIpc) is 2.13. The quantitative estimate of drug-likeness (QED) is 0.680. The second kappa shape index (κ2) is 4.82. The molecule has 0 saturated carbocycles. The van der Waals surface area contributed by atoms with Crippen LogP contribution in [-0.2, 0) is 18.8 Å². The molecule has 0 fully saturated rings. The van der Waals surface area contributed by atoms with Gasteiger partial charge in [-0.1, -0.05) is 19.9 Å². The maximum Gasteiger partial charge on any atom is 0.416 e. The first-order chi connectivity index (χ1) is 8.01. The highest BCUT2D eigenvalue weighted by Crippen LogP contribution is 2.37. The third-order valence-corrected chi connectivity index (χ3v) is 2.31. The molecule has 0 amide bonds. The van der Waals surface area contributed by atoms with Crippen LogP contribution in [0, 0.1) is 12.8 Å². The Morgan fingerprint density at radius 2 is 1.61 bits per heavy atom. The van der Waals surface area contributed by atoms with E-state index < -0.39 is 23.5 Å². The first-order valence-corrected chi connectivity index (χ1v) is 5.12. The molecule has 1 radical (unpaired) electrons. The molecule has 1 rings (SSSR count). The van der Waals surface area contributed by atoms with Crippen LogP contribution >= 0.6 is 0 Å². The highest BCUT2D eigenvalue weighted by molar-refractivity contribution is 5.35. The van der Waals surface area contributed by atoms with E-state index in [0.717, 1.165) is 6.07 Å². The standard InChI is InChI=1S/C12H11F6/c1-7(2)5-8-3-4-9(11(13,14)15)6-10(8)12(16,17)18/h3-4,6-7H,1,5H2,2H3. The van der Waals surface area contributed by atoms with Crippen LogP contribution in [0.5, 0.6) is 0 Å². The summed E-state index contributed by atoms with van der Waals surface area (Å²) in [6.07, 6.45) is -9.60. The van der Waals surface area contributed by atoms with Gasteiger partial charge < -0.3 is 0 Å². The fourth-order valence-electron chi connectivity index (χ4n) is 1.57. The topological polar surface area (TPSA) is 0 Å². The molecule has 101 valence electrons. The zero-order valence-electron chi connectivity index (χ0n) is 9.49. The van der Waals surface area contributed by atoms with E-state index in [1.807, 2.05) is 0 Å². The van der Waals surface area contributed by atoms with Crippen molar-refractivity contribution >= 4 is 0 Å². The summed E-state index contributed by atoms with van der Waals surface area (Å²) in [5, 5.41) is 0. The molecule has 0 saturated heterocycles. The van der Waals surface area contributed by atoms with Crippen molar-refractivity contribution < 1.29 is 26.3 Å². The molecule has 0 aliphatic rings. The summed E-state index contributed by atoms with van der Waals surface area (Å²) in [6.45, 7) is 5.13. The summed E-state index contributed by atoms with van der Waals surface area (Å²) < 4.78 is 75.1. The van der Waals surface area contributed by atoms with Crippen molar-refractivity contribution in [3.05, 3.63) is 41.8 Å². The van der Waals surface area contributed by atoms with E-state index in [1.54, 1.807) is 6.92 Å². The van der Waals surface area contributed by atoms with Gasteiger partial charge in [-0.3, -0.25) is 0 Å². The molecule has 0 N–H and O–H groups in total. The minimum Gasteiger partial charge on any atom is -0.166 e. The third-order valence-electron chi connectivity index (χ3n) is 2.31.